The van der Waals surface area contributed by atoms with Gasteiger partial charge in [0.1, 0.15) is 6.04 Å². The summed E-state index contributed by atoms with van der Waals surface area (Å²) in [5, 5.41) is 22.6. The molecular weight excluding hydrogens is 488 g/mol. The van der Waals surface area contributed by atoms with Crippen LogP contribution in [0.15, 0.2) is 30.5 Å². The van der Waals surface area contributed by atoms with Crippen LogP contribution in [0.3, 0.4) is 0 Å². The van der Waals surface area contributed by atoms with E-state index < -0.39 is 30.0 Å². The van der Waals surface area contributed by atoms with Crippen LogP contribution in [-0.4, -0.2) is 74.3 Å². The Morgan fingerprint density at radius 2 is 1.81 bits per heavy atom. The number of nitrogens with zero attached hydrogens (tertiary/aromatic N) is 5. The van der Waals surface area contributed by atoms with Gasteiger partial charge in [0.15, 0.2) is 17.0 Å². The number of hydrogen-bond donors (Lipinski definition) is 5. The van der Waals surface area contributed by atoms with Crippen molar-refractivity contribution in [3.05, 3.63) is 41.7 Å². The number of carboxylic acids is 2. The van der Waals surface area contributed by atoms with Crippen LogP contribution in [0.4, 0.5) is 22.2 Å². The number of benzene rings is 1. The van der Waals surface area contributed by atoms with Crippen molar-refractivity contribution in [3.63, 3.8) is 0 Å². The first-order valence-electron chi connectivity index (χ1n) is 10.8. The number of rotatable bonds is 10. The highest BCUT2D eigenvalue weighted by Crippen LogP contribution is 2.19. The van der Waals surface area contributed by atoms with E-state index in [1.807, 2.05) is 4.90 Å². The molecule has 15 heteroatoms. The quantitative estimate of drug-likeness (QED) is 0.254. The summed E-state index contributed by atoms with van der Waals surface area (Å²) in [5.74, 6) is -3.16. The standard InChI is InChI=1S/C22H24N8O7/c1-30(10-12-9-24-18-16(25-12)17(23)27-21(28-18)29-22(36)37-2)13-5-3-11(4-6-13)19(33)26-14(20(34)35)7-8-15(31)32/h3-6,9,14H,7-8,10H2,1-2H3,(H,26,33)(H,31,32)(H,34,35)(H3,23,24,27,28,29,36)/t14-/m0/s1. The third-order valence-electron chi connectivity index (χ3n) is 5.10. The van der Waals surface area contributed by atoms with Gasteiger partial charge >= 0.3 is 18.0 Å². The zero-order chi connectivity index (χ0) is 27.1. The molecule has 3 aromatic rings. The molecule has 194 valence electrons. The van der Waals surface area contributed by atoms with Gasteiger partial charge in [0.2, 0.25) is 5.95 Å². The van der Waals surface area contributed by atoms with E-state index in [9.17, 15) is 24.3 Å². The highest BCUT2D eigenvalue weighted by molar-refractivity contribution is 5.97. The van der Waals surface area contributed by atoms with Gasteiger partial charge in [-0.1, -0.05) is 0 Å². The number of aliphatic carboxylic acids is 2. The SMILES string of the molecule is COC(=O)Nc1nc(N)c2nc(CN(C)c3ccc(C(=O)N[C@@H](CCC(=O)O)C(=O)O)cc3)cnc2n1. The molecular formula is C22H24N8O7. The van der Waals surface area contributed by atoms with Crippen molar-refractivity contribution in [1.82, 2.24) is 25.3 Å². The van der Waals surface area contributed by atoms with Gasteiger partial charge in [-0.2, -0.15) is 9.97 Å². The molecule has 0 saturated carbocycles. The Morgan fingerprint density at radius 3 is 2.43 bits per heavy atom. The Bertz CT molecular complexity index is 1330. The fourth-order valence-corrected chi connectivity index (χ4v) is 3.21. The highest BCUT2D eigenvalue weighted by atomic mass is 16.5. The van der Waals surface area contributed by atoms with Crippen molar-refractivity contribution in [1.29, 1.82) is 0 Å². The van der Waals surface area contributed by atoms with Crippen LogP contribution in [0.2, 0.25) is 0 Å². The number of nitrogens with two attached hydrogens (primary N) is 1. The normalized spacial score (nSPS) is 11.4. The molecule has 15 nitrogen and oxygen atoms in total. The van der Waals surface area contributed by atoms with Crippen LogP contribution < -0.4 is 21.3 Å². The van der Waals surface area contributed by atoms with Crippen LogP contribution in [0.25, 0.3) is 11.2 Å². The lowest BCUT2D eigenvalue weighted by molar-refractivity contribution is -0.140. The molecule has 2 heterocycles. The van der Waals surface area contributed by atoms with Crippen molar-refractivity contribution < 1.29 is 34.1 Å². The summed E-state index contributed by atoms with van der Waals surface area (Å²) in [4.78, 5) is 64.4. The highest BCUT2D eigenvalue weighted by Gasteiger charge is 2.21. The smallest absolute Gasteiger partial charge is 0.413 e. The number of carboxylic acid groups (broad SMARTS) is 2. The number of methoxy groups -OCH3 is 1. The average molecular weight is 512 g/mol. The maximum Gasteiger partial charge on any atom is 0.413 e. The molecule has 0 unspecified atom stereocenters. The van der Waals surface area contributed by atoms with E-state index in [0.717, 1.165) is 5.69 Å². The topological polar surface area (TPSA) is 223 Å². The summed E-state index contributed by atoms with van der Waals surface area (Å²) in [6.45, 7) is 0.312. The first-order valence-corrected chi connectivity index (χ1v) is 10.8. The molecule has 0 aliphatic carbocycles. The lowest BCUT2D eigenvalue weighted by Gasteiger charge is -2.19. The average Bonchev–Trinajstić information content (AvgIpc) is 2.86. The molecule has 0 fully saturated rings. The number of amides is 2. The third kappa shape index (κ3) is 6.97. The summed E-state index contributed by atoms with van der Waals surface area (Å²) in [5.41, 5.74) is 7.87. The van der Waals surface area contributed by atoms with E-state index >= 15 is 0 Å². The fraction of sp³-hybridized carbons (Fsp3) is 0.273. The summed E-state index contributed by atoms with van der Waals surface area (Å²) in [6, 6.07) is 5.05. The number of nitrogen functional groups attached to an aromatic ring is 1. The van der Waals surface area contributed by atoms with E-state index in [0.29, 0.717) is 12.2 Å². The number of carbonyl (C=O) groups excluding carboxylic acids is 2. The molecule has 0 aliphatic heterocycles. The molecule has 2 aromatic heterocycles. The molecule has 3 rings (SSSR count). The largest absolute Gasteiger partial charge is 0.481 e. The maximum absolute atomic E-state index is 12.4. The van der Waals surface area contributed by atoms with E-state index in [-0.39, 0.29) is 41.3 Å². The molecule has 0 saturated heterocycles. The van der Waals surface area contributed by atoms with E-state index in [4.69, 9.17) is 10.8 Å². The number of ether oxygens (including phenoxy) is 1. The second-order valence-corrected chi connectivity index (χ2v) is 7.78. The lowest BCUT2D eigenvalue weighted by Crippen LogP contribution is -2.41. The van der Waals surface area contributed by atoms with Crippen LogP contribution in [0.5, 0.6) is 0 Å². The van der Waals surface area contributed by atoms with E-state index in [1.54, 1.807) is 19.2 Å². The minimum atomic E-state index is -1.32. The number of carbonyl (C=O) groups is 4. The van der Waals surface area contributed by atoms with E-state index in [1.165, 1.54) is 25.4 Å². The number of nitrogens with one attached hydrogen (secondary N) is 2. The minimum absolute atomic E-state index is 0.0202. The van der Waals surface area contributed by atoms with Gasteiger partial charge in [0.25, 0.3) is 5.91 Å². The Kier molecular flexibility index (Phi) is 8.29. The van der Waals surface area contributed by atoms with Crippen LogP contribution in [-0.2, 0) is 20.9 Å². The molecule has 0 radical (unpaired) electrons. The van der Waals surface area contributed by atoms with Gasteiger partial charge in [0, 0.05) is 24.7 Å². The number of hydrogen-bond acceptors (Lipinski definition) is 11. The van der Waals surface area contributed by atoms with Crippen molar-refractivity contribution in [2.24, 2.45) is 0 Å². The Balaban J connectivity index is 1.68. The number of anilines is 3. The van der Waals surface area contributed by atoms with Crippen LogP contribution >= 0.6 is 0 Å². The van der Waals surface area contributed by atoms with Crippen molar-refractivity contribution in [3.8, 4) is 0 Å². The summed E-state index contributed by atoms with van der Waals surface area (Å²) in [6.07, 6.45) is 0.122. The summed E-state index contributed by atoms with van der Waals surface area (Å²) in [7, 11) is 2.99. The molecule has 0 spiro atoms. The van der Waals surface area contributed by atoms with Crippen LogP contribution in [0.1, 0.15) is 28.9 Å². The number of fused-ring (bicyclic) bond motifs is 1. The second kappa shape index (κ2) is 11.6. The fourth-order valence-electron chi connectivity index (χ4n) is 3.21. The van der Waals surface area contributed by atoms with Gasteiger partial charge in [-0.25, -0.2) is 19.6 Å². The zero-order valence-electron chi connectivity index (χ0n) is 19.8. The summed E-state index contributed by atoms with van der Waals surface area (Å²) < 4.78 is 4.50. The Morgan fingerprint density at radius 1 is 1.11 bits per heavy atom. The molecule has 37 heavy (non-hydrogen) atoms. The predicted molar refractivity (Wildman–Crippen MR) is 130 cm³/mol. The van der Waals surface area contributed by atoms with Gasteiger partial charge in [-0.3, -0.25) is 14.9 Å². The van der Waals surface area contributed by atoms with Crippen molar-refractivity contribution in [2.75, 3.05) is 30.1 Å². The summed E-state index contributed by atoms with van der Waals surface area (Å²) >= 11 is 0. The molecule has 0 aliphatic rings. The van der Waals surface area contributed by atoms with Crippen molar-refractivity contribution in [2.45, 2.75) is 25.4 Å². The molecule has 1 aromatic carbocycles. The molecule has 6 N–H and O–H groups in total. The number of aromatic nitrogens is 4. The minimum Gasteiger partial charge on any atom is -0.481 e. The first-order chi connectivity index (χ1) is 17.6. The van der Waals surface area contributed by atoms with E-state index in [2.05, 4.69) is 35.3 Å². The van der Waals surface area contributed by atoms with Crippen LogP contribution in [0, 0.1) is 0 Å². The molecule has 2 amide bonds. The molecule has 0 bridgehead atoms. The second-order valence-electron chi connectivity index (χ2n) is 7.78. The zero-order valence-corrected chi connectivity index (χ0v) is 19.8. The van der Waals surface area contributed by atoms with Gasteiger partial charge < -0.3 is 30.9 Å². The van der Waals surface area contributed by atoms with Crippen molar-refractivity contribution >= 4 is 52.6 Å². The van der Waals surface area contributed by atoms with Gasteiger partial charge in [-0.05, 0) is 30.7 Å². The Hall–Kier alpha value is -5.08. The van der Waals surface area contributed by atoms with Gasteiger partial charge in [-0.15, -0.1) is 0 Å². The van der Waals surface area contributed by atoms with Gasteiger partial charge in [0.05, 0.1) is 25.5 Å². The maximum atomic E-state index is 12.4. The predicted octanol–water partition coefficient (Wildman–Crippen LogP) is 0.865. The molecule has 1 atom stereocenters. The third-order valence-corrected chi connectivity index (χ3v) is 5.10. The monoisotopic (exact) mass is 512 g/mol. The lowest BCUT2D eigenvalue weighted by atomic mass is 10.1. The Labute approximate surface area is 209 Å². The first kappa shape index (κ1) is 26.5.